The molecular weight excluding hydrogens is 216 g/mol. The fraction of sp³-hybridized carbons (Fsp3) is 0.846. The smallest absolute Gasteiger partial charge is 0.347 e. The average Bonchev–Trinajstić information content (AvgIpc) is 2.87. The largest absolute Gasteiger partial charge is 0.397 e. The molecule has 1 atom stereocenters. The number of rotatable bonds is 4. The molecule has 1 fully saturated rings. The highest BCUT2D eigenvalue weighted by Crippen LogP contribution is 2.47. The Kier molecular flexibility index (Phi) is 4.22. The Balaban J connectivity index is 2.15. The summed E-state index contributed by atoms with van der Waals surface area (Å²) >= 11 is 0. The van der Waals surface area contributed by atoms with Crippen LogP contribution < -0.4 is 0 Å². The fourth-order valence-corrected chi connectivity index (χ4v) is 7.73. The van der Waals surface area contributed by atoms with Gasteiger partial charge in [-0.05, 0) is 25.7 Å². The Morgan fingerprint density at radius 3 is 2.19 bits per heavy atom. The molecule has 0 spiro atoms. The van der Waals surface area contributed by atoms with Crippen LogP contribution in [0.5, 0.6) is 0 Å². The van der Waals surface area contributed by atoms with E-state index in [-0.39, 0.29) is 0 Å². The minimum Gasteiger partial charge on any atom is -0.397 e. The molecular formula is C13H24O2Si. The Hall–Kier alpha value is -0.123. The van der Waals surface area contributed by atoms with Crippen LogP contribution in [-0.4, -0.2) is 22.8 Å². The van der Waals surface area contributed by atoms with Crippen molar-refractivity contribution in [1.29, 1.82) is 0 Å². The van der Waals surface area contributed by atoms with Crippen LogP contribution in [0, 0.1) is 0 Å². The topological polar surface area (TPSA) is 18.5 Å². The second kappa shape index (κ2) is 5.47. The lowest BCUT2D eigenvalue weighted by Gasteiger charge is -2.40. The van der Waals surface area contributed by atoms with Crippen molar-refractivity contribution >= 4 is 8.56 Å². The van der Waals surface area contributed by atoms with Crippen LogP contribution in [0.2, 0.25) is 11.1 Å². The maximum atomic E-state index is 5.98. The molecule has 1 saturated carbocycles. The van der Waals surface area contributed by atoms with E-state index in [9.17, 15) is 0 Å². The lowest BCUT2D eigenvalue weighted by Crippen LogP contribution is -2.49. The van der Waals surface area contributed by atoms with Crippen molar-refractivity contribution in [2.75, 3.05) is 14.2 Å². The third-order valence-corrected chi connectivity index (χ3v) is 8.85. The van der Waals surface area contributed by atoms with E-state index >= 15 is 0 Å². The zero-order valence-electron chi connectivity index (χ0n) is 10.6. The van der Waals surface area contributed by atoms with E-state index in [1.54, 1.807) is 0 Å². The van der Waals surface area contributed by atoms with Gasteiger partial charge in [-0.15, -0.1) is 0 Å². The summed E-state index contributed by atoms with van der Waals surface area (Å²) in [4.78, 5) is 0. The van der Waals surface area contributed by atoms with Crippen molar-refractivity contribution < 1.29 is 8.85 Å². The molecule has 0 saturated heterocycles. The lowest BCUT2D eigenvalue weighted by atomic mass is 10.0. The van der Waals surface area contributed by atoms with Gasteiger partial charge >= 0.3 is 8.56 Å². The van der Waals surface area contributed by atoms with Gasteiger partial charge in [0.05, 0.1) is 0 Å². The molecule has 0 aromatic carbocycles. The number of hydrogen-bond donors (Lipinski definition) is 0. The first kappa shape index (κ1) is 12.3. The summed E-state index contributed by atoms with van der Waals surface area (Å²) in [6.07, 6.45) is 13.9. The second-order valence-electron chi connectivity index (χ2n) is 5.08. The first-order valence-electron chi connectivity index (χ1n) is 6.60. The van der Waals surface area contributed by atoms with Gasteiger partial charge in [-0.25, -0.2) is 0 Å². The molecule has 92 valence electrons. The van der Waals surface area contributed by atoms with Gasteiger partial charge < -0.3 is 8.85 Å². The van der Waals surface area contributed by atoms with E-state index in [1.165, 1.54) is 44.9 Å². The highest BCUT2D eigenvalue weighted by molar-refractivity contribution is 6.71. The SMILES string of the molecule is CO[Si](OC)(C1C=CCC1)C1CCCCC1. The van der Waals surface area contributed by atoms with Crippen LogP contribution in [0.3, 0.4) is 0 Å². The van der Waals surface area contributed by atoms with E-state index in [2.05, 4.69) is 12.2 Å². The molecule has 2 aliphatic carbocycles. The van der Waals surface area contributed by atoms with Crippen molar-refractivity contribution in [3.8, 4) is 0 Å². The molecule has 1 unspecified atom stereocenters. The average molecular weight is 240 g/mol. The van der Waals surface area contributed by atoms with Crippen LogP contribution in [0.1, 0.15) is 44.9 Å². The van der Waals surface area contributed by atoms with Crippen LogP contribution >= 0.6 is 0 Å². The molecule has 2 aliphatic rings. The third kappa shape index (κ3) is 2.13. The van der Waals surface area contributed by atoms with Crippen LogP contribution in [0.15, 0.2) is 12.2 Å². The van der Waals surface area contributed by atoms with Crippen LogP contribution in [-0.2, 0) is 8.85 Å². The third-order valence-electron chi connectivity index (χ3n) is 4.34. The normalized spacial score (nSPS) is 27.5. The maximum Gasteiger partial charge on any atom is 0.347 e. The summed E-state index contributed by atoms with van der Waals surface area (Å²) in [6, 6.07) is 0. The van der Waals surface area contributed by atoms with E-state index in [0.717, 1.165) is 0 Å². The molecule has 0 aromatic heterocycles. The monoisotopic (exact) mass is 240 g/mol. The summed E-state index contributed by atoms with van der Waals surface area (Å²) in [5.41, 5.74) is 1.30. The Morgan fingerprint density at radius 1 is 1.00 bits per heavy atom. The first-order chi connectivity index (χ1) is 7.83. The Morgan fingerprint density at radius 2 is 1.69 bits per heavy atom. The number of hydrogen-bond acceptors (Lipinski definition) is 2. The zero-order chi connectivity index (χ0) is 11.4. The predicted molar refractivity (Wildman–Crippen MR) is 68.7 cm³/mol. The van der Waals surface area contributed by atoms with Crippen molar-refractivity contribution in [3.05, 3.63) is 12.2 Å². The summed E-state index contributed by atoms with van der Waals surface area (Å²) in [6.45, 7) is 0. The zero-order valence-corrected chi connectivity index (χ0v) is 11.6. The van der Waals surface area contributed by atoms with Crippen LogP contribution in [0.4, 0.5) is 0 Å². The Bertz CT molecular complexity index is 242. The van der Waals surface area contributed by atoms with Gasteiger partial charge in [0.25, 0.3) is 0 Å². The van der Waals surface area contributed by atoms with Gasteiger partial charge in [-0.1, -0.05) is 31.4 Å². The van der Waals surface area contributed by atoms with Gasteiger partial charge in [0.1, 0.15) is 0 Å². The minimum absolute atomic E-state index is 0.589. The number of allylic oxidation sites excluding steroid dienone is 2. The fourth-order valence-electron chi connectivity index (χ4n) is 3.49. The van der Waals surface area contributed by atoms with Crippen molar-refractivity contribution in [2.45, 2.75) is 56.0 Å². The van der Waals surface area contributed by atoms with Crippen LogP contribution in [0.25, 0.3) is 0 Å². The Labute approximate surface area is 100 Å². The molecule has 2 nitrogen and oxygen atoms in total. The maximum absolute atomic E-state index is 5.98. The highest BCUT2D eigenvalue weighted by Gasteiger charge is 2.50. The molecule has 0 aromatic rings. The van der Waals surface area contributed by atoms with Gasteiger partial charge in [0.15, 0.2) is 0 Å². The molecule has 16 heavy (non-hydrogen) atoms. The molecule has 0 bridgehead atoms. The van der Waals surface area contributed by atoms with Crippen molar-refractivity contribution in [2.24, 2.45) is 0 Å². The first-order valence-corrected chi connectivity index (χ1v) is 8.57. The van der Waals surface area contributed by atoms with Gasteiger partial charge in [0, 0.05) is 25.3 Å². The van der Waals surface area contributed by atoms with Gasteiger partial charge in [-0.2, -0.15) is 0 Å². The molecule has 2 rings (SSSR count). The predicted octanol–water partition coefficient (Wildman–Crippen LogP) is 3.78. The molecule has 0 aliphatic heterocycles. The molecule has 3 heteroatoms. The molecule has 0 amide bonds. The quantitative estimate of drug-likeness (QED) is 0.550. The highest BCUT2D eigenvalue weighted by atomic mass is 28.4. The van der Waals surface area contributed by atoms with Gasteiger partial charge in [-0.3, -0.25) is 0 Å². The summed E-state index contributed by atoms with van der Waals surface area (Å²) < 4.78 is 12.0. The van der Waals surface area contributed by atoms with E-state index in [1.807, 2.05) is 14.2 Å². The second-order valence-corrected chi connectivity index (χ2v) is 8.89. The van der Waals surface area contributed by atoms with E-state index in [4.69, 9.17) is 8.85 Å². The summed E-state index contributed by atoms with van der Waals surface area (Å²) in [5.74, 6) is 0. The lowest BCUT2D eigenvalue weighted by molar-refractivity contribution is 0.208. The standard InChI is InChI=1S/C13H24O2Si/c1-14-16(15-2,13-10-6-7-11-13)12-8-4-3-5-9-12/h6,10,12-13H,3-5,7-9,11H2,1-2H3. The van der Waals surface area contributed by atoms with Gasteiger partial charge in [0.2, 0.25) is 0 Å². The molecule has 0 heterocycles. The molecule has 0 N–H and O–H groups in total. The van der Waals surface area contributed by atoms with E-state index < -0.39 is 8.56 Å². The van der Waals surface area contributed by atoms with E-state index in [0.29, 0.717) is 11.1 Å². The van der Waals surface area contributed by atoms with Crippen molar-refractivity contribution in [1.82, 2.24) is 0 Å². The van der Waals surface area contributed by atoms with Crippen molar-refractivity contribution in [3.63, 3.8) is 0 Å². The minimum atomic E-state index is -2.00. The molecule has 0 radical (unpaired) electrons. The summed E-state index contributed by atoms with van der Waals surface area (Å²) in [7, 11) is 1.75. The summed E-state index contributed by atoms with van der Waals surface area (Å²) in [5, 5.41) is 0.